The van der Waals surface area contributed by atoms with Gasteiger partial charge in [0.2, 0.25) is 5.91 Å². The van der Waals surface area contributed by atoms with Gasteiger partial charge in [-0.1, -0.05) is 48.5 Å². The summed E-state index contributed by atoms with van der Waals surface area (Å²) in [4.78, 5) is 14.1. The summed E-state index contributed by atoms with van der Waals surface area (Å²) < 4.78 is 0. The van der Waals surface area contributed by atoms with Crippen molar-refractivity contribution >= 4 is 11.6 Å². The van der Waals surface area contributed by atoms with Crippen LogP contribution in [0.3, 0.4) is 0 Å². The van der Waals surface area contributed by atoms with Gasteiger partial charge < -0.3 is 4.90 Å². The second kappa shape index (κ2) is 5.50. The Labute approximate surface area is 108 Å². The Morgan fingerprint density at radius 2 is 1.44 bits per heavy atom. The van der Waals surface area contributed by atoms with Gasteiger partial charge >= 0.3 is 0 Å². The minimum absolute atomic E-state index is 0.104. The summed E-state index contributed by atoms with van der Waals surface area (Å²) in [5.74, 6) is -0.0243. The van der Waals surface area contributed by atoms with Gasteiger partial charge in [0.25, 0.3) is 0 Å². The number of carbonyl (C=O) groups excluding carboxylic acids is 1. The Balaban J connectivity index is 2.17. The van der Waals surface area contributed by atoms with E-state index in [9.17, 15) is 4.79 Å². The largest absolute Gasteiger partial charge is 0.315 e. The molecule has 18 heavy (non-hydrogen) atoms. The van der Waals surface area contributed by atoms with Crippen LogP contribution in [-0.2, 0) is 4.79 Å². The first-order valence-corrected chi connectivity index (χ1v) is 6.07. The van der Waals surface area contributed by atoms with E-state index in [-0.39, 0.29) is 11.8 Å². The summed E-state index contributed by atoms with van der Waals surface area (Å²) in [5.41, 5.74) is 1.97. The highest BCUT2D eigenvalue weighted by Crippen LogP contribution is 2.20. The van der Waals surface area contributed by atoms with Crippen LogP contribution in [0.15, 0.2) is 60.7 Å². The van der Waals surface area contributed by atoms with Crippen LogP contribution in [0.5, 0.6) is 0 Å². The minimum Gasteiger partial charge on any atom is -0.315 e. The van der Waals surface area contributed by atoms with Gasteiger partial charge in [-0.3, -0.25) is 4.79 Å². The number of anilines is 1. The summed E-state index contributed by atoms with van der Waals surface area (Å²) in [6.07, 6.45) is 0. The highest BCUT2D eigenvalue weighted by atomic mass is 16.2. The van der Waals surface area contributed by atoms with Crippen molar-refractivity contribution in [2.24, 2.45) is 0 Å². The van der Waals surface area contributed by atoms with E-state index in [1.807, 2.05) is 74.6 Å². The second-order valence-electron chi connectivity index (χ2n) is 4.37. The van der Waals surface area contributed by atoms with Gasteiger partial charge in [0, 0.05) is 12.7 Å². The van der Waals surface area contributed by atoms with E-state index in [1.165, 1.54) is 0 Å². The third kappa shape index (κ3) is 2.59. The first kappa shape index (κ1) is 12.4. The number of carbonyl (C=O) groups is 1. The Morgan fingerprint density at radius 1 is 0.944 bits per heavy atom. The molecule has 0 aliphatic heterocycles. The van der Waals surface area contributed by atoms with Crippen LogP contribution >= 0.6 is 0 Å². The molecule has 0 saturated carbocycles. The number of amides is 1. The quantitative estimate of drug-likeness (QED) is 0.803. The number of rotatable bonds is 3. The lowest BCUT2D eigenvalue weighted by Crippen LogP contribution is -2.30. The normalized spacial score (nSPS) is 11.9. The summed E-state index contributed by atoms with van der Waals surface area (Å²) in [5, 5.41) is 0. The lowest BCUT2D eigenvalue weighted by Gasteiger charge is -2.21. The highest BCUT2D eigenvalue weighted by molar-refractivity contribution is 5.97. The third-order valence-electron chi connectivity index (χ3n) is 3.14. The summed E-state index contributed by atoms with van der Waals surface area (Å²) in [6, 6.07) is 19.6. The zero-order valence-electron chi connectivity index (χ0n) is 10.7. The van der Waals surface area contributed by atoms with E-state index in [0.717, 1.165) is 11.3 Å². The molecule has 2 rings (SSSR count). The number of para-hydroxylation sites is 1. The van der Waals surface area contributed by atoms with Crippen LogP contribution < -0.4 is 4.90 Å². The van der Waals surface area contributed by atoms with Crippen LogP contribution in [-0.4, -0.2) is 13.0 Å². The van der Waals surface area contributed by atoms with Gasteiger partial charge in [-0.2, -0.15) is 0 Å². The van der Waals surface area contributed by atoms with Crippen molar-refractivity contribution < 1.29 is 4.79 Å². The van der Waals surface area contributed by atoms with Gasteiger partial charge in [-0.25, -0.2) is 0 Å². The van der Waals surface area contributed by atoms with E-state index >= 15 is 0 Å². The predicted molar refractivity (Wildman–Crippen MR) is 74.7 cm³/mol. The topological polar surface area (TPSA) is 20.3 Å². The number of hydrogen-bond acceptors (Lipinski definition) is 1. The fourth-order valence-corrected chi connectivity index (χ4v) is 1.95. The molecule has 0 aliphatic carbocycles. The van der Waals surface area contributed by atoms with Gasteiger partial charge in [0.1, 0.15) is 0 Å². The SMILES string of the molecule is C[C@H](C(=O)N(C)c1ccccc1)c1ccccc1. The van der Waals surface area contributed by atoms with E-state index in [2.05, 4.69) is 0 Å². The zero-order valence-corrected chi connectivity index (χ0v) is 10.7. The molecule has 2 aromatic carbocycles. The number of likely N-dealkylation sites (N-methyl/N-ethyl adjacent to an activating group) is 1. The maximum Gasteiger partial charge on any atom is 0.233 e. The second-order valence-corrected chi connectivity index (χ2v) is 4.37. The Kier molecular flexibility index (Phi) is 3.78. The van der Waals surface area contributed by atoms with Crippen LogP contribution in [0.2, 0.25) is 0 Å². The Morgan fingerprint density at radius 3 is 2.00 bits per heavy atom. The fourth-order valence-electron chi connectivity index (χ4n) is 1.95. The molecular weight excluding hydrogens is 222 g/mol. The lowest BCUT2D eigenvalue weighted by molar-refractivity contribution is -0.119. The Bertz CT molecular complexity index is 460. The first-order chi connectivity index (χ1) is 8.70. The molecule has 2 aromatic rings. The van der Waals surface area contributed by atoms with E-state index in [0.29, 0.717) is 0 Å². The highest BCUT2D eigenvalue weighted by Gasteiger charge is 2.19. The Hall–Kier alpha value is -2.09. The van der Waals surface area contributed by atoms with Crippen molar-refractivity contribution in [2.45, 2.75) is 12.8 Å². The molecule has 0 aliphatic rings. The van der Waals surface area contributed by atoms with Crippen molar-refractivity contribution in [3.63, 3.8) is 0 Å². The monoisotopic (exact) mass is 239 g/mol. The lowest BCUT2D eigenvalue weighted by atomic mass is 10.00. The van der Waals surface area contributed by atoms with Crippen LogP contribution in [0.4, 0.5) is 5.69 Å². The van der Waals surface area contributed by atoms with Crippen molar-refractivity contribution in [3.8, 4) is 0 Å². The molecule has 0 radical (unpaired) electrons. The van der Waals surface area contributed by atoms with Gasteiger partial charge in [-0.15, -0.1) is 0 Å². The van der Waals surface area contributed by atoms with Crippen LogP contribution in [0.1, 0.15) is 18.4 Å². The molecule has 0 spiro atoms. The fraction of sp³-hybridized carbons (Fsp3) is 0.188. The zero-order chi connectivity index (χ0) is 13.0. The van der Waals surface area contributed by atoms with Crippen molar-refractivity contribution in [1.29, 1.82) is 0 Å². The van der Waals surface area contributed by atoms with Crippen molar-refractivity contribution in [2.75, 3.05) is 11.9 Å². The summed E-state index contributed by atoms with van der Waals surface area (Å²) >= 11 is 0. The van der Waals surface area contributed by atoms with Gasteiger partial charge in [0.15, 0.2) is 0 Å². The molecule has 2 heteroatoms. The predicted octanol–water partition coefficient (Wildman–Crippen LogP) is 3.45. The number of nitrogens with zero attached hydrogens (tertiary/aromatic N) is 1. The molecule has 1 atom stereocenters. The molecule has 0 aromatic heterocycles. The van der Waals surface area contributed by atoms with E-state index in [1.54, 1.807) is 4.90 Å². The maximum absolute atomic E-state index is 12.4. The number of hydrogen-bond donors (Lipinski definition) is 0. The molecule has 0 bridgehead atoms. The summed E-state index contributed by atoms with van der Waals surface area (Å²) in [6.45, 7) is 1.94. The molecule has 0 heterocycles. The van der Waals surface area contributed by atoms with E-state index < -0.39 is 0 Å². The van der Waals surface area contributed by atoms with Gasteiger partial charge in [-0.05, 0) is 24.6 Å². The molecule has 2 nitrogen and oxygen atoms in total. The van der Waals surface area contributed by atoms with Crippen molar-refractivity contribution in [1.82, 2.24) is 0 Å². The smallest absolute Gasteiger partial charge is 0.233 e. The first-order valence-electron chi connectivity index (χ1n) is 6.07. The molecule has 0 fully saturated rings. The van der Waals surface area contributed by atoms with Crippen LogP contribution in [0, 0.1) is 0 Å². The summed E-state index contributed by atoms with van der Waals surface area (Å²) in [7, 11) is 1.82. The average molecular weight is 239 g/mol. The van der Waals surface area contributed by atoms with E-state index in [4.69, 9.17) is 0 Å². The average Bonchev–Trinajstić information content (AvgIpc) is 2.47. The molecule has 0 N–H and O–H groups in total. The maximum atomic E-state index is 12.4. The molecule has 0 saturated heterocycles. The molecule has 92 valence electrons. The standard InChI is InChI=1S/C16H17NO/c1-13(14-9-5-3-6-10-14)16(18)17(2)15-11-7-4-8-12-15/h3-13H,1-2H3/t13-/m0/s1. The molecule has 0 unspecified atom stereocenters. The minimum atomic E-state index is -0.128. The van der Waals surface area contributed by atoms with Crippen molar-refractivity contribution in [3.05, 3.63) is 66.2 Å². The van der Waals surface area contributed by atoms with Gasteiger partial charge in [0.05, 0.1) is 5.92 Å². The molecule has 1 amide bonds. The number of benzene rings is 2. The third-order valence-corrected chi connectivity index (χ3v) is 3.14. The van der Waals surface area contributed by atoms with Crippen LogP contribution in [0.25, 0.3) is 0 Å². The molecular formula is C16H17NO.